The van der Waals surface area contributed by atoms with E-state index in [1.54, 1.807) is 0 Å². The van der Waals surface area contributed by atoms with Crippen LogP contribution in [0.3, 0.4) is 0 Å². The van der Waals surface area contributed by atoms with Crippen LogP contribution in [0.2, 0.25) is 0 Å². The zero-order chi connectivity index (χ0) is 7.66. The molecule has 0 atom stereocenters. The number of aliphatic hydroxyl groups is 1. The summed E-state index contributed by atoms with van der Waals surface area (Å²) in [6, 6.07) is 0. The number of halogens is 1. The molecule has 0 radical (unpaired) electrons. The van der Waals surface area contributed by atoms with Crippen LogP contribution in [0.25, 0.3) is 0 Å². The van der Waals surface area contributed by atoms with Gasteiger partial charge in [-0.2, -0.15) is 0 Å². The number of hydrogen-bond donors (Lipinski definition) is 1. The highest BCUT2D eigenvalue weighted by molar-refractivity contribution is 9.09. The summed E-state index contributed by atoms with van der Waals surface area (Å²) in [7, 11) is 0. The third kappa shape index (κ3) is 8.18. The predicted octanol–water partition coefficient (Wildman–Crippen LogP) is 2.49. The molecule has 0 rings (SSSR count). The molecule has 10 heavy (non-hydrogen) atoms. The SMILES string of the molecule is OCC/C=C/CCCCBr. The molecule has 0 saturated carbocycles. The van der Waals surface area contributed by atoms with Gasteiger partial charge in [-0.1, -0.05) is 28.1 Å². The summed E-state index contributed by atoms with van der Waals surface area (Å²) in [5.41, 5.74) is 0. The summed E-state index contributed by atoms with van der Waals surface area (Å²) >= 11 is 3.37. The number of allylic oxidation sites excluding steroid dienone is 1. The van der Waals surface area contributed by atoms with Gasteiger partial charge in [0, 0.05) is 11.9 Å². The third-order valence-corrected chi connectivity index (χ3v) is 1.78. The second-order valence-corrected chi connectivity index (χ2v) is 2.96. The lowest BCUT2D eigenvalue weighted by Gasteiger charge is -1.89. The first-order valence-electron chi connectivity index (χ1n) is 3.73. The minimum absolute atomic E-state index is 0.273. The quantitative estimate of drug-likeness (QED) is 0.403. The van der Waals surface area contributed by atoms with Gasteiger partial charge < -0.3 is 5.11 Å². The van der Waals surface area contributed by atoms with E-state index in [1.807, 2.05) is 6.08 Å². The van der Waals surface area contributed by atoms with Crippen LogP contribution in [0.4, 0.5) is 0 Å². The van der Waals surface area contributed by atoms with E-state index in [4.69, 9.17) is 5.11 Å². The molecule has 0 aliphatic rings. The van der Waals surface area contributed by atoms with E-state index in [2.05, 4.69) is 22.0 Å². The average molecular weight is 207 g/mol. The highest BCUT2D eigenvalue weighted by Gasteiger charge is 1.81. The molecule has 1 N–H and O–H groups in total. The molecule has 0 aliphatic heterocycles. The molecule has 0 spiro atoms. The van der Waals surface area contributed by atoms with Crippen LogP contribution in [-0.2, 0) is 0 Å². The Morgan fingerprint density at radius 2 is 1.80 bits per heavy atom. The van der Waals surface area contributed by atoms with Crippen molar-refractivity contribution in [1.29, 1.82) is 0 Å². The molecule has 60 valence electrons. The fourth-order valence-electron chi connectivity index (χ4n) is 0.667. The molecular weight excluding hydrogens is 192 g/mol. The van der Waals surface area contributed by atoms with Gasteiger partial charge in [0.15, 0.2) is 0 Å². The lowest BCUT2D eigenvalue weighted by atomic mass is 10.2. The van der Waals surface area contributed by atoms with Crippen molar-refractivity contribution in [3.63, 3.8) is 0 Å². The fourth-order valence-corrected chi connectivity index (χ4v) is 1.06. The molecule has 0 heterocycles. The second kappa shape index (κ2) is 9.18. The van der Waals surface area contributed by atoms with Gasteiger partial charge in [-0.15, -0.1) is 0 Å². The van der Waals surface area contributed by atoms with Gasteiger partial charge in [0.05, 0.1) is 0 Å². The van der Waals surface area contributed by atoms with Crippen molar-refractivity contribution in [2.45, 2.75) is 25.7 Å². The van der Waals surface area contributed by atoms with E-state index < -0.39 is 0 Å². The highest BCUT2D eigenvalue weighted by Crippen LogP contribution is 1.99. The second-order valence-electron chi connectivity index (χ2n) is 2.17. The van der Waals surface area contributed by atoms with Crippen molar-refractivity contribution in [2.24, 2.45) is 0 Å². The number of aliphatic hydroxyl groups excluding tert-OH is 1. The maximum atomic E-state index is 8.41. The molecule has 1 nitrogen and oxygen atoms in total. The number of unbranched alkanes of at least 4 members (excludes halogenated alkanes) is 2. The molecule has 0 aromatic carbocycles. The Labute approximate surface area is 71.3 Å². The molecule has 0 bridgehead atoms. The average Bonchev–Trinajstić information content (AvgIpc) is 1.97. The summed E-state index contributed by atoms with van der Waals surface area (Å²) in [5, 5.41) is 9.51. The molecule has 2 heteroatoms. The van der Waals surface area contributed by atoms with E-state index in [0.717, 1.165) is 18.2 Å². The highest BCUT2D eigenvalue weighted by atomic mass is 79.9. The molecule has 0 saturated heterocycles. The van der Waals surface area contributed by atoms with E-state index in [9.17, 15) is 0 Å². The van der Waals surface area contributed by atoms with E-state index >= 15 is 0 Å². The minimum Gasteiger partial charge on any atom is -0.396 e. The van der Waals surface area contributed by atoms with Gasteiger partial charge in [-0.05, 0) is 25.7 Å². The van der Waals surface area contributed by atoms with Crippen molar-refractivity contribution in [3.8, 4) is 0 Å². The zero-order valence-corrected chi connectivity index (χ0v) is 7.81. The Morgan fingerprint density at radius 1 is 1.10 bits per heavy atom. The summed E-state index contributed by atoms with van der Waals surface area (Å²) in [4.78, 5) is 0. The summed E-state index contributed by atoms with van der Waals surface area (Å²) in [6.45, 7) is 0.273. The minimum atomic E-state index is 0.273. The van der Waals surface area contributed by atoms with Crippen LogP contribution < -0.4 is 0 Å². The van der Waals surface area contributed by atoms with Gasteiger partial charge in [0.25, 0.3) is 0 Å². The number of hydrogen-bond acceptors (Lipinski definition) is 1. The fraction of sp³-hybridized carbons (Fsp3) is 0.750. The Balaban J connectivity index is 2.88. The standard InChI is InChI=1S/C8H15BrO/c9-7-5-3-1-2-4-6-8-10/h2,4,10H,1,3,5-8H2/b4-2+. The lowest BCUT2D eigenvalue weighted by Crippen LogP contribution is -1.77. The van der Waals surface area contributed by atoms with Crippen molar-refractivity contribution in [1.82, 2.24) is 0 Å². The van der Waals surface area contributed by atoms with Crippen LogP contribution in [0.5, 0.6) is 0 Å². The Morgan fingerprint density at radius 3 is 2.40 bits per heavy atom. The zero-order valence-electron chi connectivity index (χ0n) is 6.22. The van der Waals surface area contributed by atoms with Gasteiger partial charge in [0.1, 0.15) is 0 Å². The molecule has 0 aromatic rings. The van der Waals surface area contributed by atoms with E-state index in [1.165, 1.54) is 12.8 Å². The monoisotopic (exact) mass is 206 g/mol. The lowest BCUT2D eigenvalue weighted by molar-refractivity contribution is 0.302. The Hall–Kier alpha value is 0.180. The third-order valence-electron chi connectivity index (χ3n) is 1.22. The van der Waals surface area contributed by atoms with E-state index in [-0.39, 0.29) is 6.61 Å². The van der Waals surface area contributed by atoms with Crippen LogP contribution in [0, 0.1) is 0 Å². The molecular formula is C8H15BrO. The molecule has 0 fully saturated rings. The van der Waals surface area contributed by atoms with Crippen molar-refractivity contribution in [2.75, 3.05) is 11.9 Å². The molecule has 0 unspecified atom stereocenters. The smallest absolute Gasteiger partial charge is 0.0465 e. The van der Waals surface area contributed by atoms with E-state index in [0.29, 0.717) is 0 Å². The van der Waals surface area contributed by atoms with Crippen molar-refractivity contribution in [3.05, 3.63) is 12.2 Å². The van der Waals surface area contributed by atoms with Gasteiger partial charge in [0.2, 0.25) is 0 Å². The Kier molecular flexibility index (Phi) is 9.35. The number of rotatable bonds is 6. The Bertz CT molecular complexity index is 81.3. The van der Waals surface area contributed by atoms with Gasteiger partial charge >= 0.3 is 0 Å². The predicted molar refractivity (Wildman–Crippen MR) is 48.5 cm³/mol. The maximum Gasteiger partial charge on any atom is 0.0465 e. The van der Waals surface area contributed by atoms with Gasteiger partial charge in [-0.3, -0.25) is 0 Å². The largest absolute Gasteiger partial charge is 0.396 e. The van der Waals surface area contributed by atoms with Crippen LogP contribution >= 0.6 is 15.9 Å². The molecule has 0 aromatic heterocycles. The van der Waals surface area contributed by atoms with Crippen molar-refractivity contribution >= 4 is 15.9 Å². The summed E-state index contributed by atoms with van der Waals surface area (Å²) < 4.78 is 0. The molecule has 0 aliphatic carbocycles. The molecule has 0 amide bonds. The van der Waals surface area contributed by atoms with Gasteiger partial charge in [-0.25, -0.2) is 0 Å². The van der Waals surface area contributed by atoms with Crippen LogP contribution in [0.15, 0.2) is 12.2 Å². The maximum absolute atomic E-state index is 8.41. The first-order chi connectivity index (χ1) is 4.91. The first kappa shape index (κ1) is 10.2. The summed E-state index contributed by atoms with van der Waals surface area (Å²) in [5.74, 6) is 0. The normalized spacial score (nSPS) is 11.0. The van der Waals surface area contributed by atoms with Crippen molar-refractivity contribution < 1.29 is 5.11 Å². The number of alkyl halides is 1. The van der Waals surface area contributed by atoms with Crippen LogP contribution in [-0.4, -0.2) is 17.0 Å². The van der Waals surface area contributed by atoms with Crippen LogP contribution in [0.1, 0.15) is 25.7 Å². The first-order valence-corrected chi connectivity index (χ1v) is 4.85. The topological polar surface area (TPSA) is 20.2 Å². The summed E-state index contributed by atoms with van der Waals surface area (Å²) in [6.07, 6.45) is 8.60.